The van der Waals surface area contributed by atoms with Crippen molar-refractivity contribution in [2.75, 3.05) is 20.7 Å². The number of ether oxygens (including phenoxy) is 1. The van der Waals surface area contributed by atoms with Gasteiger partial charge in [-0.2, -0.15) is 0 Å². The topological polar surface area (TPSA) is 55.6 Å². The fourth-order valence-corrected chi connectivity index (χ4v) is 1.47. The predicted molar refractivity (Wildman–Crippen MR) is 67.8 cm³/mol. The number of carbonyl (C=O) groups excluding carboxylic acids is 1. The molecule has 0 radical (unpaired) electrons. The van der Waals surface area contributed by atoms with E-state index < -0.39 is 0 Å². The molecule has 1 unspecified atom stereocenters. The van der Waals surface area contributed by atoms with E-state index in [0.29, 0.717) is 18.7 Å². The van der Waals surface area contributed by atoms with Gasteiger partial charge in [0.25, 0.3) is 5.91 Å². The molecule has 0 fully saturated rings. The van der Waals surface area contributed by atoms with Gasteiger partial charge in [-0.25, -0.2) is 0 Å². The summed E-state index contributed by atoms with van der Waals surface area (Å²) in [6.45, 7) is 2.95. The maximum absolute atomic E-state index is 12.1. The maximum Gasteiger partial charge on any atom is 0.253 e. The smallest absolute Gasteiger partial charge is 0.253 e. The van der Waals surface area contributed by atoms with Crippen LogP contribution < -0.4 is 5.73 Å². The molecule has 0 heterocycles. The van der Waals surface area contributed by atoms with E-state index in [-0.39, 0.29) is 11.9 Å². The van der Waals surface area contributed by atoms with E-state index in [1.165, 1.54) is 0 Å². The lowest BCUT2D eigenvalue weighted by Gasteiger charge is -2.23. The molecule has 0 bridgehead atoms. The van der Waals surface area contributed by atoms with Crippen molar-refractivity contribution in [2.24, 2.45) is 5.73 Å². The lowest BCUT2D eigenvalue weighted by molar-refractivity contribution is 0.0748. The highest BCUT2D eigenvalue weighted by atomic mass is 16.5. The number of benzene rings is 1. The average Bonchev–Trinajstić information content (AvgIpc) is 2.37. The molecule has 0 aliphatic carbocycles. The second-order valence-electron chi connectivity index (χ2n) is 4.13. The normalized spacial score (nSPS) is 12.2. The molecular formula is C13H20N2O2. The fourth-order valence-electron chi connectivity index (χ4n) is 1.47. The molecule has 4 nitrogen and oxygen atoms in total. The molecule has 1 amide bonds. The molecular weight excluding hydrogens is 216 g/mol. The van der Waals surface area contributed by atoms with Gasteiger partial charge in [-0.3, -0.25) is 4.79 Å². The number of nitrogens with zero attached hydrogens (tertiary/aromatic N) is 1. The molecule has 17 heavy (non-hydrogen) atoms. The van der Waals surface area contributed by atoms with E-state index in [2.05, 4.69) is 0 Å². The Hall–Kier alpha value is -1.39. The van der Waals surface area contributed by atoms with Crippen LogP contribution in [0.2, 0.25) is 0 Å². The van der Waals surface area contributed by atoms with Crippen molar-refractivity contribution < 1.29 is 9.53 Å². The van der Waals surface area contributed by atoms with E-state index in [4.69, 9.17) is 10.5 Å². The van der Waals surface area contributed by atoms with Crippen LogP contribution in [0.4, 0.5) is 0 Å². The number of rotatable bonds is 5. The van der Waals surface area contributed by atoms with E-state index in [9.17, 15) is 4.79 Å². The Bertz CT molecular complexity index is 362. The minimum Gasteiger partial charge on any atom is -0.380 e. The van der Waals surface area contributed by atoms with E-state index in [1.54, 1.807) is 19.1 Å². The molecule has 0 spiro atoms. The average molecular weight is 236 g/mol. The van der Waals surface area contributed by atoms with Crippen molar-refractivity contribution in [3.8, 4) is 0 Å². The molecule has 0 aliphatic heterocycles. The Kier molecular flexibility index (Phi) is 5.12. The van der Waals surface area contributed by atoms with Gasteiger partial charge < -0.3 is 15.4 Å². The number of methoxy groups -OCH3 is 1. The zero-order valence-electron chi connectivity index (χ0n) is 10.6. The van der Waals surface area contributed by atoms with E-state index >= 15 is 0 Å². The molecule has 1 aromatic carbocycles. The molecule has 1 atom stereocenters. The van der Waals surface area contributed by atoms with Gasteiger partial charge in [0, 0.05) is 32.3 Å². The minimum atomic E-state index is -0.00748. The first-order chi connectivity index (χ1) is 8.10. The maximum atomic E-state index is 12.1. The lowest BCUT2D eigenvalue weighted by atomic mass is 10.1. The lowest BCUT2D eigenvalue weighted by Crippen LogP contribution is -2.39. The Morgan fingerprint density at radius 2 is 2.00 bits per heavy atom. The summed E-state index contributed by atoms with van der Waals surface area (Å²) < 4.78 is 5.02. The van der Waals surface area contributed by atoms with Crippen LogP contribution in [0.25, 0.3) is 0 Å². The molecule has 0 saturated heterocycles. The molecule has 94 valence electrons. The van der Waals surface area contributed by atoms with Crippen LogP contribution in [-0.2, 0) is 11.3 Å². The van der Waals surface area contributed by atoms with Gasteiger partial charge in [-0.1, -0.05) is 12.1 Å². The highest BCUT2D eigenvalue weighted by Gasteiger charge is 2.15. The molecule has 0 saturated carbocycles. The Balaban J connectivity index is 2.75. The van der Waals surface area contributed by atoms with Gasteiger partial charge in [0.2, 0.25) is 0 Å². The summed E-state index contributed by atoms with van der Waals surface area (Å²) >= 11 is 0. The summed E-state index contributed by atoms with van der Waals surface area (Å²) in [4.78, 5) is 13.7. The summed E-state index contributed by atoms with van der Waals surface area (Å²) in [6, 6.07) is 7.48. The fraction of sp³-hybridized carbons (Fsp3) is 0.462. The second-order valence-corrected chi connectivity index (χ2v) is 4.13. The quantitative estimate of drug-likeness (QED) is 0.837. The van der Waals surface area contributed by atoms with Crippen molar-refractivity contribution in [3.63, 3.8) is 0 Å². The monoisotopic (exact) mass is 236 g/mol. The Morgan fingerprint density at radius 3 is 2.47 bits per heavy atom. The van der Waals surface area contributed by atoms with E-state index in [0.717, 1.165) is 5.56 Å². The van der Waals surface area contributed by atoms with Crippen LogP contribution in [0.3, 0.4) is 0 Å². The van der Waals surface area contributed by atoms with Gasteiger partial charge in [-0.15, -0.1) is 0 Å². The molecule has 0 aliphatic rings. The third-order valence-electron chi connectivity index (χ3n) is 2.83. The molecule has 2 N–H and O–H groups in total. The van der Waals surface area contributed by atoms with Crippen molar-refractivity contribution in [3.05, 3.63) is 35.4 Å². The largest absolute Gasteiger partial charge is 0.380 e. The molecule has 1 rings (SSSR count). The van der Waals surface area contributed by atoms with Crippen LogP contribution in [-0.4, -0.2) is 37.6 Å². The molecule has 1 aromatic rings. The number of nitrogens with two attached hydrogens (primary N) is 1. The predicted octanol–water partition coefficient (Wildman–Crippen LogP) is 1.25. The van der Waals surface area contributed by atoms with Gasteiger partial charge in [-0.05, 0) is 24.6 Å². The first-order valence-electron chi connectivity index (χ1n) is 5.65. The van der Waals surface area contributed by atoms with Gasteiger partial charge >= 0.3 is 0 Å². The Labute approximate surface area is 102 Å². The van der Waals surface area contributed by atoms with Crippen LogP contribution in [0.1, 0.15) is 22.8 Å². The number of likely N-dealkylation sites (N-methyl/N-ethyl adjacent to an activating group) is 1. The summed E-state index contributed by atoms with van der Waals surface area (Å²) in [7, 11) is 3.42. The SMILES string of the molecule is COCc1ccc(C(=O)N(C)C(C)CN)cc1. The number of carbonyl (C=O) groups is 1. The standard InChI is InChI=1S/C13H20N2O2/c1-10(8-14)15(2)13(16)12-6-4-11(5-7-12)9-17-3/h4-7,10H,8-9,14H2,1-3H3. The minimum absolute atomic E-state index is 0.00748. The first-order valence-corrected chi connectivity index (χ1v) is 5.65. The van der Waals surface area contributed by atoms with Gasteiger partial charge in [0.15, 0.2) is 0 Å². The highest BCUT2D eigenvalue weighted by molar-refractivity contribution is 5.94. The first kappa shape index (κ1) is 13.7. The number of hydrogen-bond donors (Lipinski definition) is 1. The van der Waals surface area contributed by atoms with Crippen molar-refractivity contribution in [1.82, 2.24) is 4.90 Å². The number of amides is 1. The molecule has 4 heteroatoms. The second kappa shape index (κ2) is 6.37. The summed E-state index contributed by atoms with van der Waals surface area (Å²) in [5.41, 5.74) is 7.27. The van der Waals surface area contributed by atoms with E-state index in [1.807, 2.05) is 31.2 Å². The summed E-state index contributed by atoms with van der Waals surface area (Å²) in [5.74, 6) is -0.00748. The van der Waals surface area contributed by atoms with Crippen LogP contribution in [0, 0.1) is 0 Å². The number of hydrogen-bond acceptors (Lipinski definition) is 3. The van der Waals surface area contributed by atoms with Crippen molar-refractivity contribution >= 4 is 5.91 Å². The van der Waals surface area contributed by atoms with Crippen LogP contribution >= 0.6 is 0 Å². The summed E-state index contributed by atoms with van der Waals surface area (Å²) in [6.07, 6.45) is 0. The van der Waals surface area contributed by atoms with Crippen molar-refractivity contribution in [2.45, 2.75) is 19.6 Å². The van der Waals surface area contributed by atoms with Crippen molar-refractivity contribution in [1.29, 1.82) is 0 Å². The summed E-state index contributed by atoms with van der Waals surface area (Å²) in [5, 5.41) is 0. The zero-order valence-corrected chi connectivity index (χ0v) is 10.6. The molecule has 0 aromatic heterocycles. The van der Waals surface area contributed by atoms with Crippen LogP contribution in [0.15, 0.2) is 24.3 Å². The van der Waals surface area contributed by atoms with Crippen LogP contribution in [0.5, 0.6) is 0 Å². The zero-order chi connectivity index (χ0) is 12.8. The Morgan fingerprint density at radius 1 is 1.41 bits per heavy atom. The highest BCUT2D eigenvalue weighted by Crippen LogP contribution is 2.09. The third-order valence-corrected chi connectivity index (χ3v) is 2.83. The van der Waals surface area contributed by atoms with Gasteiger partial charge in [0.1, 0.15) is 0 Å². The third kappa shape index (κ3) is 3.54. The van der Waals surface area contributed by atoms with Gasteiger partial charge in [0.05, 0.1) is 6.61 Å².